The zero-order chi connectivity index (χ0) is 26.9. The van der Waals surface area contributed by atoms with Crippen LogP contribution in [0.4, 0.5) is 11.4 Å². The highest BCUT2D eigenvalue weighted by Crippen LogP contribution is 2.33. The Labute approximate surface area is 244 Å². The lowest BCUT2D eigenvalue weighted by atomic mass is 10.1. The topological polar surface area (TPSA) is 106 Å². The van der Waals surface area contributed by atoms with Gasteiger partial charge >= 0.3 is 0 Å². The molecule has 3 aromatic carbocycles. The first-order valence-corrected chi connectivity index (χ1v) is 15.6. The first kappa shape index (κ1) is 31.0. The summed E-state index contributed by atoms with van der Waals surface area (Å²) in [5.74, 6) is 2.45. The highest BCUT2D eigenvalue weighted by Gasteiger charge is 2.20. The molecule has 0 bridgehead atoms. The molecular weight excluding hydrogens is 550 g/mol. The van der Waals surface area contributed by atoms with Crippen molar-refractivity contribution in [1.29, 1.82) is 0 Å². The fourth-order valence-corrected chi connectivity index (χ4v) is 6.71. The second kappa shape index (κ2) is 15.3. The van der Waals surface area contributed by atoms with E-state index in [2.05, 4.69) is 18.8 Å². The number of nitrogens with two attached hydrogens (primary N) is 2. The predicted molar refractivity (Wildman–Crippen MR) is 162 cm³/mol. The largest absolute Gasteiger partial charge is 1.00 e. The molecule has 0 amide bonds. The molecule has 0 fully saturated rings. The molecular formula is C30H38ClN3O3S2. The molecule has 1 aliphatic rings. The number of benzene rings is 3. The quantitative estimate of drug-likeness (QED) is 0.124. The van der Waals surface area contributed by atoms with Crippen molar-refractivity contribution < 1.29 is 26.4 Å². The molecule has 9 heteroatoms. The van der Waals surface area contributed by atoms with Crippen LogP contribution in [0.1, 0.15) is 57.9 Å². The van der Waals surface area contributed by atoms with E-state index in [0.29, 0.717) is 6.79 Å². The summed E-state index contributed by atoms with van der Waals surface area (Å²) in [7, 11) is 0. The average molecular weight is 588 g/mol. The van der Waals surface area contributed by atoms with Gasteiger partial charge < -0.3 is 37.9 Å². The maximum atomic E-state index is 12.3. The summed E-state index contributed by atoms with van der Waals surface area (Å²) >= 11 is 0.914. The summed E-state index contributed by atoms with van der Waals surface area (Å²) in [6.07, 6.45) is 8.32. The van der Waals surface area contributed by atoms with E-state index in [1.807, 2.05) is 54.6 Å². The van der Waals surface area contributed by atoms with E-state index in [9.17, 15) is 4.55 Å². The Hall–Kier alpha value is -2.52. The van der Waals surface area contributed by atoms with Crippen LogP contribution in [-0.2, 0) is 17.6 Å². The lowest BCUT2D eigenvalue weighted by Crippen LogP contribution is -3.00. The highest BCUT2D eigenvalue weighted by atomic mass is 35.5. The number of ether oxygens (including phenoxy) is 2. The molecule has 2 unspecified atom stereocenters. The maximum absolute atomic E-state index is 12.3. The second-order valence-electron chi connectivity index (χ2n) is 9.72. The van der Waals surface area contributed by atoms with E-state index in [0.717, 1.165) is 61.9 Å². The number of aromatic nitrogens is 1. The number of hydrogen-bond donors (Lipinski definition) is 2. The van der Waals surface area contributed by atoms with E-state index in [1.54, 1.807) is 11.3 Å². The molecule has 0 saturated carbocycles. The first-order chi connectivity index (χ1) is 18.4. The van der Waals surface area contributed by atoms with Crippen LogP contribution in [0.2, 0.25) is 0 Å². The van der Waals surface area contributed by atoms with Gasteiger partial charge in [0.05, 0.1) is 0 Å². The van der Waals surface area contributed by atoms with E-state index < -0.39 is 11.2 Å². The van der Waals surface area contributed by atoms with Crippen LogP contribution in [0.5, 0.6) is 11.5 Å². The Balaban J connectivity index is 0.000000219. The smallest absolute Gasteiger partial charge is 0.259 e. The number of anilines is 2. The van der Waals surface area contributed by atoms with E-state index in [-0.39, 0.29) is 17.7 Å². The molecule has 0 radical (unpaired) electrons. The average Bonchev–Trinajstić information content (AvgIpc) is 3.37. The summed E-state index contributed by atoms with van der Waals surface area (Å²) in [5.41, 5.74) is 16.1. The standard InChI is InChI=1S/C18H28O3S.C12H10N3S.ClH/c1-3-4-5-6-7-8-11-22(19)15(2)12-16-9-10-17-18(13-16)21-14-20-17;13-7-1-3-9-11(5-7)16-12-6-8(14)2-4-10(12)15-9;/h9-10,13,15H,3-8,11-12,14H2,1-2H3;1-6H,13-14H2;1H/q;+1;/p-1. The van der Waals surface area contributed by atoms with Crippen molar-refractivity contribution in [2.45, 2.75) is 64.0 Å². The van der Waals surface area contributed by atoms with Gasteiger partial charge in [0.1, 0.15) is 22.0 Å². The van der Waals surface area contributed by atoms with Crippen LogP contribution >= 0.6 is 11.3 Å². The molecule has 0 saturated heterocycles. The monoisotopic (exact) mass is 587 g/mol. The highest BCUT2D eigenvalue weighted by molar-refractivity contribution is 7.91. The van der Waals surface area contributed by atoms with E-state index in [1.165, 1.54) is 37.7 Å². The summed E-state index contributed by atoms with van der Waals surface area (Å²) in [6.45, 7) is 4.61. The minimum Gasteiger partial charge on any atom is -1.00 e. The van der Waals surface area contributed by atoms with Gasteiger partial charge in [-0.1, -0.05) is 49.8 Å². The third kappa shape index (κ3) is 9.00. The van der Waals surface area contributed by atoms with Gasteiger partial charge in [0.15, 0.2) is 11.5 Å². The second-order valence-corrected chi connectivity index (χ2v) is 12.8. The lowest BCUT2D eigenvalue weighted by molar-refractivity contribution is -0.0000104. The Morgan fingerprint density at radius 1 is 0.872 bits per heavy atom. The Bertz CT molecular complexity index is 1300. The fraction of sp³-hybridized carbons (Fsp3) is 0.400. The molecule has 0 aliphatic carbocycles. The molecule has 6 nitrogen and oxygen atoms in total. The molecule has 0 spiro atoms. The van der Waals surface area contributed by atoms with Crippen LogP contribution < -0.4 is 33.3 Å². The van der Waals surface area contributed by atoms with Crippen molar-refractivity contribution in [2.24, 2.45) is 0 Å². The zero-order valence-electron chi connectivity index (χ0n) is 22.7. The van der Waals surface area contributed by atoms with Gasteiger partial charge in [0, 0.05) is 29.9 Å². The SMILES string of the molecule is CCCCCCCC[S+]([O-])C(C)Cc1ccc2c(c1)OCO2.Nc1ccc2nc3ccc(N)cc3[s+]c2c1.[Cl-]. The fourth-order valence-electron chi connectivity index (χ4n) is 4.38. The van der Waals surface area contributed by atoms with Crippen LogP contribution in [0.15, 0.2) is 54.6 Å². The third-order valence-corrected chi connectivity index (χ3v) is 9.39. The summed E-state index contributed by atoms with van der Waals surface area (Å²) in [6, 6.07) is 17.5. The summed E-state index contributed by atoms with van der Waals surface area (Å²) < 4.78 is 25.2. The molecule has 210 valence electrons. The van der Waals surface area contributed by atoms with Crippen molar-refractivity contribution in [1.82, 2.24) is 4.98 Å². The van der Waals surface area contributed by atoms with Crippen molar-refractivity contribution in [3.63, 3.8) is 0 Å². The molecule has 4 N–H and O–H groups in total. The van der Waals surface area contributed by atoms with E-state index in [4.69, 9.17) is 20.9 Å². The van der Waals surface area contributed by atoms with Crippen molar-refractivity contribution in [2.75, 3.05) is 24.0 Å². The molecule has 1 aromatic heterocycles. The van der Waals surface area contributed by atoms with Crippen molar-refractivity contribution >= 4 is 54.3 Å². The molecule has 39 heavy (non-hydrogen) atoms. The van der Waals surface area contributed by atoms with Crippen LogP contribution in [0, 0.1) is 0 Å². The number of hydrogen-bond acceptors (Lipinski definition) is 6. The number of fused-ring (bicyclic) bond motifs is 3. The van der Waals surface area contributed by atoms with Gasteiger partial charge in [-0.05, 0) is 61.7 Å². The van der Waals surface area contributed by atoms with Crippen LogP contribution in [0.3, 0.4) is 0 Å². The van der Waals surface area contributed by atoms with Crippen LogP contribution in [-0.4, -0.2) is 27.3 Å². The lowest BCUT2D eigenvalue weighted by Gasteiger charge is -2.18. The number of unbranched alkanes of at least 4 members (excludes halogenated alkanes) is 5. The maximum Gasteiger partial charge on any atom is 0.259 e. The Morgan fingerprint density at radius 3 is 2.15 bits per heavy atom. The van der Waals surface area contributed by atoms with Gasteiger partial charge in [-0.15, -0.1) is 0 Å². The molecule has 1 aliphatic heterocycles. The van der Waals surface area contributed by atoms with Gasteiger partial charge in [-0.2, -0.15) is 0 Å². The third-order valence-electron chi connectivity index (χ3n) is 6.54. The van der Waals surface area contributed by atoms with Gasteiger partial charge in [0.2, 0.25) is 18.1 Å². The number of nitrogens with zero attached hydrogens (tertiary/aromatic N) is 1. The molecule has 4 aromatic rings. The molecule has 5 rings (SSSR count). The van der Waals surface area contributed by atoms with Crippen molar-refractivity contribution in [3.8, 4) is 11.5 Å². The van der Waals surface area contributed by atoms with Gasteiger partial charge in [-0.3, -0.25) is 0 Å². The zero-order valence-corrected chi connectivity index (χ0v) is 25.0. The van der Waals surface area contributed by atoms with Gasteiger partial charge in [-0.25, -0.2) is 4.98 Å². The predicted octanol–water partition coefficient (Wildman–Crippen LogP) is 4.35. The summed E-state index contributed by atoms with van der Waals surface area (Å²) in [4.78, 5) is 4.56. The Morgan fingerprint density at radius 2 is 1.49 bits per heavy atom. The molecule has 2 heterocycles. The Kier molecular flexibility index (Phi) is 12.2. The van der Waals surface area contributed by atoms with Crippen molar-refractivity contribution in [3.05, 3.63) is 60.2 Å². The number of nitrogen functional groups attached to an aromatic ring is 2. The van der Waals surface area contributed by atoms with Crippen LogP contribution in [0.25, 0.3) is 20.4 Å². The molecule has 2 atom stereocenters. The minimum atomic E-state index is -0.743. The van der Waals surface area contributed by atoms with Gasteiger partial charge in [0.25, 0.3) is 9.40 Å². The first-order valence-electron chi connectivity index (χ1n) is 13.4. The normalized spacial score (nSPS) is 13.4. The number of halogens is 1. The van der Waals surface area contributed by atoms with E-state index >= 15 is 0 Å². The number of rotatable bonds is 10. The summed E-state index contributed by atoms with van der Waals surface area (Å²) in [5, 5.41) is 0.191. The minimum absolute atomic E-state index is 0.